The molecule has 8 heteroatoms. The average Bonchev–Trinajstić information content (AvgIpc) is 2.92. The zero-order valence-electron chi connectivity index (χ0n) is 14.5. The highest BCUT2D eigenvalue weighted by atomic mass is 79.9. The van der Waals surface area contributed by atoms with Crippen molar-refractivity contribution in [3.8, 4) is 5.75 Å². The van der Waals surface area contributed by atoms with Crippen LogP contribution in [0.2, 0.25) is 0 Å². The van der Waals surface area contributed by atoms with Crippen LogP contribution in [0.3, 0.4) is 0 Å². The minimum Gasteiger partial charge on any atom is -0.507 e. The van der Waals surface area contributed by atoms with E-state index in [-0.39, 0.29) is 24.5 Å². The topological polar surface area (TPSA) is 85.2 Å². The number of halogens is 1. The molecular formula is C18H18BrNO5S. The summed E-state index contributed by atoms with van der Waals surface area (Å²) < 4.78 is 10.9. The molecule has 0 bridgehead atoms. The molecule has 0 unspecified atom stereocenters. The summed E-state index contributed by atoms with van der Waals surface area (Å²) in [4.78, 5) is 29.1. The van der Waals surface area contributed by atoms with Crippen LogP contribution >= 0.6 is 27.3 Å². The van der Waals surface area contributed by atoms with Gasteiger partial charge in [-0.3, -0.25) is 0 Å². The Balaban J connectivity index is 2.50. The number of carbonyl (C=O) groups is 2. The standard InChI is InChI=1S/C18H18BrNO5S/c1-4-24-17(22)14-10(3)15(18(23)25-5-2)26-16(14)20-9-11-8-12(19)6-7-13(11)21/h6-9,21H,4-5H2,1-3H3/b20-9+. The van der Waals surface area contributed by atoms with E-state index in [9.17, 15) is 14.7 Å². The van der Waals surface area contributed by atoms with Gasteiger partial charge in [-0.15, -0.1) is 11.3 Å². The minimum absolute atomic E-state index is 0.0496. The third kappa shape index (κ3) is 4.50. The summed E-state index contributed by atoms with van der Waals surface area (Å²) in [6.45, 7) is 5.51. The third-order valence-electron chi connectivity index (χ3n) is 3.38. The van der Waals surface area contributed by atoms with Crippen molar-refractivity contribution in [2.24, 2.45) is 4.99 Å². The Bertz CT molecular complexity index is 860. The molecule has 0 amide bonds. The van der Waals surface area contributed by atoms with Crippen molar-refractivity contribution in [2.75, 3.05) is 13.2 Å². The SMILES string of the molecule is CCOC(=O)c1sc(/N=C/c2cc(Br)ccc2O)c(C(=O)OCC)c1C. The number of aromatic hydroxyl groups is 1. The molecule has 0 fully saturated rings. The van der Waals surface area contributed by atoms with E-state index in [2.05, 4.69) is 20.9 Å². The Labute approximate surface area is 163 Å². The number of hydrogen-bond donors (Lipinski definition) is 1. The molecule has 1 heterocycles. The van der Waals surface area contributed by atoms with E-state index >= 15 is 0 Å². The second-order valence-corrected chi connectivity index (χ2v) is 7.05. The maximum atomic E-state index is 12.3. The summed E-state index contributed by atoms with van der Waals surface area (Å²) in [5.41, 5.74) is 1.17. The van der Waals surface area contributed by atoms with Gasteiger partial charge in [-0.25, -0.2) is 14.6 Å². The van der Waals surface area contributed by atoms with Crippen LogP contribution in [0.15, 0.2) is 27.7 Å². The molecule has 1 aromatic carbocycles. The number of esters is 2. The largest absolute Gasteiger partial charge is 0.507 e. The molecule has 0 aliphatic rings. The number of ether oxygens (including phenoxy) is 2. The van der Waals surface area contributed by atoms with Gasteiger partial charge >= 0.3 is 11.9 Å². The van der Waals surface area contributed by atoms with Gasteiger partial charge in [0.05, 0.1) is 13.2 Å². The van der Waals surface area contributed by atoms with Crippen LogP contribution in [-0.2, 0) is 9.47 Å². The van der Waals surface area contributed by atoms with E-state index in [1.54, 1.807) is 32.9 Å². The number of phenols is 1. The van der Waals surface area contributed by atoms with Gasteiger partial charge in [0, 0.05) is 16.3 Å². The summed E-state index contributed by atoms with van der Waals surface area (Å²) in [6.07, 6.45) is 1.43. The molecule has 2 aromatic rings. The van der Waals surface area contributed by atoms with Gasteiger partial charge in [-0.05, 0) is 44.5 Å². The molecule has 1 N–H and O–H groups in total. The predicted molar refractivity (Wildman–Crippen MR) is 104 cm³/mol. The zero-order chi connectivity index (χ0) is 19.3. The first kappa shape index (κ1) is 20.1. The Kier molecular flexibility index (Phi) is 6.93. The van der Waals surface area contributed by atoms with Crippen LogP contribution in [0.5, 0.6) is 5.75 Å². The van der Waals surface area contributed by atoms with Gasteiger partial charge in [0.15, 0.2) is 0 Å². The highest BCUT2D eigenvalue weighted by molar-refractivity contribution is 9.10. The second-order valence-electron chi connectivity index (χ2n) is 5.14. The number of rotatable bonds is 6. The quantitative estimate of drug-likeness (QED) is 0.523. The fraction of sp³-hybridized carbons (Fsp3) is 0.278. The molecule has 138 valence electrons. The molecule has 0 saturated heterocycles. The number of phenolic OH excluding ortho intramolecular Hbond substituents is 1. The van der Waals surface area contributed by atoms with Gasteiger partial charge in [-0.1, -0.05) is 15.9 Å². The van der Waals surface area contributed by atoms with Gasteiger partial charge < -0.3 is 14.6 Å². The number of aliphatic imine (C=N–C) groups is 1. The summed E-state index contributed by atoms with van der Waals surface area (Å²) in [5.74, 6) is -1.01. The summed E-state index contributed by atoms with van der Waals surface area (Å²) >= 11 is 4.38. The maximum Gasteiger partial charge on any atom is 0.348 e. The lowest BCUT2D eigenvalue weighted by Crippen LogP contribution is -2.08. The van der Waals surface area contributed by atoms with Crippen molar-refractivity contribution >= 4 is 50.4 Å². The first-order valence-corrected chi connectivity index (χ1v) is 9.50. The smallest absolute Gasteiger partial charge is 0.348 e. The van der Waals surface area contributed by atoms with Crippen molar-refractivity contribution in [2.45, 2.75) is 20.8 Å². The Morgan fingerprint density at radius 3 is 2.54 bits per heavy atom. The van der Waals surface area contributed by atoms with E-state index in [4.69, 9.17) is 9.47 Å². The average molecular weight is 440 g/mol. The lowest BCUT2D eigenvalue weighted by molar-refractivity contribution is 0.0527. The molecule has 0 spiro atoms. The second kappa shape index (κ2) is 8.95. The molecule has 0 aliphatic heterocycles. The van der Waals surface area contributed by atoms with Crippen LogP contribution < -0.4 is 0 Å². The van der Waals surface area contributed by atoms with Crippen LogP contribution in [-0.4, -0.2) is 36.5 Å². The van der Waals surface area contributed by atoms with Crippen LogP contribution in [0.4, 0.5) is 5.00 Å². The van der Waals surface area contributed by atoms with Crippen LogP contribution in [0.1, 0.15) is 45.0 Å². The number of thiophene rings is 1. The molecule has 0 aliphatic carbocycles. The molecular weight excluding hydrogens is 422 g/mol. The molecule has 26 heavy (non-hydrogen) atoms. The molecule has 0 saturated carbocycles. The lowest BCUT2D eigenvalue weighted by Gasteiger charge is -2.03. The van der Waals surface area contributed by atoms with Crippen LogP contribution in [0, 0.1) is 6.92 Å². The highest BCUT2D eigenvalue weighted by Crippen LogP contribution is 2.36. The van der Waals surface area contributed by atoms with Crippen molar-refractivity contribution in [1.29, 1.82) is 0 Å². The van der Waals surface area contributed by atoms with E-state index in [1.165, 1.54) is 12.3 Å². The van der Waals surface area contributed by atoms with E-state index in [1.807, 2.05) is 0 Å². The molecule has 6 nitrogen and oxygen atoms in total. The Morgan fingerprint density at radius 2 is 1.88 bits per heavy atom. The van der Waals surface area contributed by atoms with E-state index in [0.29, 0.717) is 21.0 Å². The van der Waals surface area contributed by atoms with Crippen molar-refractivity contribution in [3.63, 3.8) is 0 Å². The predicted octanol–water partition coefficient (Wildman–Crippen LogP) is 4.63. The number of hydrogen-bond acceptors (Lipinski definition) is 7. The summed E-state index contributed by atoms with van der Waals surface area (Å²) in [7, 11) is 0. The van der Waals surface area contributed by atoms with E-state index in [0.717, 1.165) is 15.8 Å². The van der Waals surface area contributed by atoms with E-state index < -0.39 is 11.9 Å². The number of carbonyl (C=O) groups excluding carboxylic acids is 2. The Morgan fingerprint density at radius 1 is 1.23 bits per heavy atom. The highest BCUT2D eigenvalue weighted by Gasteiger charge is 2.26. The normalized spacial score (nSPS) is 10.9. The molecule has 1 aromatic heterocycles. The molecule has 2 rings (SSSR count). The summed E-state index contributed by atoms with van der Waals surface area (Å²) in [6, 6.07) is 4.92. The first-order chi connectivity index (χ1) is 12.4. The van der Waals surface area contributed by atoms with Gasteiger partial charge in [-0.2, -0.15) is 0 Å². The Hall–Kier alpha value is -2.19. The van der Waals surface area contributed by atoms with Gasteiger partial charge in [0.2, 0.25) is 0 Å². The third-order valence-corrected chi connectivity index (χ3v) is 5.05. The minimum atomic E-state index is -0.553. The fourth-order valence-corrected chi connectivity index (χ4v) is 3.59. The summed E-state index contributed by atoms with van der Waals surface area (Å²) in [5, 5.41) is 10.2. The lowest BCUT2D eigenvalue weighted by atomic mass is 10.1. The van der Waals surface area contributed by atoms with Gasteiger partial charge in [0.25, 0.3) is 0 Å². The molecule has 0 atom stereocenters. The van der Waals surface area contributed by atoms with Crippen molar-refractivity contribution in [1.82, 2.24) is 0 Å². The maximum absolute atomic E-state index is 12.3. The van der Waals surface area contributed by atoms with Crippen molar-refractivity contribution in [3.05, 3.63) is 44.2 Å². The van der Waals surface area contributed by atoms with Crippen LogP contribution in [0.25, 0.3) is 0 Å². The fourth-order valence-electron chi connectivity index (χ4n) is 2.18. The number of nitrogens with zero attached hydrogens (tertiary/aromatic N) is 1. The molecule has 0 radical (unpaired) electrons. The van der Waals surface area contributed by atoms with Crippen molar-refractivity contribution < 1.29 is 24.2 Å². The van der Waals surface area contributed by atoms with Gasteiger partial charge in [0.1, 0.15) is 21.2 Å². The number of benzene rings is 1. The monoisotopic (exact) mass is 439 g/mol. The first-order valence-electron chi connectivity index (χ1n) is 7.89. The zero-order valence-corrected chi connectivity index (χ0v) is 16.9.